The molecule has 7 nitrogen and oxygen atoms in total. The van der Waals surface area contributed by atoms with Crippen molar-refractivity contribution in [2.75, 3.05) is 5.43 Å². The van der Waals surface area contributed by atoms with Crippen molar-refractivity contribution in [1.82, 2.24) is 5.32 Å². The number of nitrogen functional groups attached to an aromatic ring is 1. The maximum absolute atomic E-state index is 12.1. The van der Waals surface area contributed by atoms with Crippen LogP contribution in [0.4, 0.5) is 11.4 Å². The Kier molecular flexibility index (Phi) is 4.51. The number of nitro groups is 1. The molecule has 0 aliphatic heterocycles. The lowest BCUT2D eigenvalue weighted by atomic mass is 10.1. The van der Waals surface area contributed by atoms with Crippen LogP contribution in [0.1, 0.15) is 20.1 Å². The summed E-state index contributed by atoms with van der Waals surface area (Å²) in [6, 6.07) is 8.23. The number of hydrazine groups is 1. The second-order valence-corrected chi connectivity index (χ2v) is 5.67. The van der Waals surface area contributed by atoms with Gasteiger partial charge in [-0.15, -0.1) is 11.3 Å². The van der Waals surface area contributed by atoms with Crippen molar-refractivity contribution >= 4 is 28.6 Å². The van der Waals surface area contributed by atoms with Gasteiger partial charge >= 0.3 is 5.69 Å². The fourth-order valence-electron chi connectivity index (χ4n) is 1.88. The van der Waals surface area contributed by atoms with E-state index in [9.17, 15) is 14.9 Å². The van der Waals surface area contributed by atoms with Crippen LogP contribution < -0.4 is 16.6 Å². The third-order valence-electron chi connectivity index (χ3n) is 2.84. The maximum atomic E-state index is 12.1. The molecule has 0 saturated heterocycles. The third kappa shape index (κ3) is 3.36. The summed E-state index contributed by atoms with van der Waals surface area (Å²) < 4.78 is 0. The average Bonchev–Trinajstić information content (AvgIpc) is 2.89. The highest BCUT2D eigenvalue weighted by Gasteiger charge is 2.23. The second kappa shape index (κ2) is 6.33. The Balaban J connectivity index is 2.20. The molecule has 0 saturated carbocycles. The fraction of sp³-hybridized carbons (Fsp3) is 0.154. The number of carbonyl (C=O) groups excluding carboxylic acids is 1. The van der Waals surface area contributed by atoms with Gasteiger partial charge in [-0.1, -0.05) is 6.07 Å². The van der Waals surface area contributed by atoms with E-state index in [0.29, 0.717) is 6.54 Å². The van der Waals surface area contributed by atoms with E-state index in [4.69, 9.17) is 5.84 Å². The van der Waals surface area contributed by atoms with Crippen molar-refractivity contribution in [3.8, 4) is 0 Å². The van der Waals surface area contributed by atoms with Crippen LogP contribution in [0.3, 0.4) is 0 Å². The summed E-state index contributed by atoms with van der Waals surface area (Å²) in [6.07, 6.45) is 0. The summed E-state index contributed by atoms with van der Waals surface area (Å²) in [6.45, 7) is 2.30. The quantitative estimate of drug-likeness (QED) is 0.445. The van der Waals surface area contributed by atoms with E-state index in [1.165, 1.54) is 18.2 Å². The third-order valence-corrected chi connectivity index (χ3v) is 3.84. The summed E-state index contributed by atoms with van der Waals surface area (Å²) in [5, 5.41) is 13.8. The number of thiophene rings is 1. The summed E-state index contributed by atoms with van der Waals surface area (Å²) in [7, 11) is 0. The van der Waals surface area contributed by atoms with Gasteiger partial charge in [0.25, 0.3) is 5.91 Å². The Bertz CT molecular complexity index is 684. The molecule has 1 aromatic heterocycles. The molecule has 0 radical (unpaired) electrons. The van der Waals surface area contributed by atoms with Crippen LogP contribution in [-0.4, -0.2) is 10.8 Å². The Hall–Kier alpha value is -2.45. The van der Waals surface area contributed by atoms with Crippen LogP contribution in [0.25, 0.3) is 0 Å². The number of nitrogens with zero attached hydrogens (tertiary/aromatic N) is 1. The number of benzene rings is 1. The number of carbonyl (C=O) groups is 1. The standard InChI is InChI=1S/C13H14N4O3S/c1-8-5-6-9(21-8)7-15-13(18)10-3-2-4-11(16-14)12(10)17(19)20/h2-6,16H,7,14H2,1H3,(H,15,18). The van der Waals surface area contributed by atoms with E-state index in [2.05, 4.69) is 10.7 Å². The number of anilines is 1. The van der Waals surface area contributed by atoms with Crippen molar-refractivity contribution in [2.45, 2.75) is 13.5 Å². The Morgan fingerprint density at radius 1 is 1.38 bits per heavy atom. The van der Waals surface area contributed by atoms with E-state index in [-0.39, 0.29) is 16.9 Å². The molecular weight excluding hydrogens is 292 g/mol. The molecule has 2 aromatic rings. The maximum Gasteiger partial charge on any atom is 0.306 e. The monoisotopic (exact) mass is 306 g/mol. The summed E-state index contributed by atoms with van der Waals surface area (Å²) in [4.78, 5) is 24.8. The minimum atomic E-state index is -0.626. The molecule has 4 N–H and O–H groups in total. The van der Waals surface area contributed by atoms with E-state index in [0.717, 1.165) is 9.75 Å². The van der Waals surface area contributed by atoms with Crippen LogP contribution in [0, 0.1) is 17.0 Å². The molecule has 21 heavy (non-hydrogen) atoms. The van der Waals surface area contributed by atoms with Gasteiger partial charge in [-0.05, 0) is 31.2 Å². The molecule has 1 heterocycles. The van der Waals surface area contributed by atoms with Crippen molar-refractivity contribution < 1.29 is 9.72 Å². The van der Waals surface area contributed by atoms with Gasteiger partial charge in [-0.2, -0.15) is 0 Å². The lowest BCUT2D eigenvalue weighted by Crippen LogP contribution is -2.24. The van der Waals surface area contributed by atoms with E-state index < -0.39 is 10.8 Å². The molecule has 8 heteroatoms. The number of para-hydroxylation sites is 1. The first-order valence-corrected chi connectivity index (χ1v) is 6.92. The number of nitrogens with one attached hydrogen (secondary N) is 2. The highest BCUT2D eigenvalue weighted by atomic mass is 32.1. The summed E-state index contributed by atoms with van der Waals surface area (Å²) in [5.74, 6) is 4.73. The molecule has 1 amide bonds. The zero-order valence-corrected chi connectivity index (χ0v) is 12.1. The van der Waals surface area contributed by atoms with Crippen LogP contribution in [0.2, 0.25) is 0 Å². The Morgan fingerprint density at radius 3 is 2.71 bits per heavy atom. The molecule has 1 aromatic carbocycles. The van der Waals surface area contributed by atoms with Gasteiger partial charge in [-0.3, -0.25) is 20.8 Å². The highest BCUT2D eigenvalue weighted by Crippen LogP contribution is 2.27. The lowest BCUT2D eigenvalue weighted by Gasteiger charge is -2.07. The predicted octanol–water partition coefficient (Wildman–Crippen LogP) is 2.18. The molecule has 110 valence electrons. The first kappa shape index (κ1) is 14.9. The van der Waals surface area contributed by atoms with Crippen molar-refractivity contribution in [3.05, 3.63) is 55.8 Å². The number of aryl methyl sites for hydroxylation is 1. The predicted molar refractivity (Wildman–Crippen MR) is 81.1 cm³/mol. The topological polar surface area (TPSA) is 110 Å². The molecule has 0 atom stereocenters. The zero-order chi connectivity index (χ0) is 15.4. The summed E-state index contributed by atoms with van der Waals surface area (Å²) in [5.41, 5.74) is 1.97. The largest absolute Gasteiger partial charge is 0.347 e. The van der Waals surface area contributed by atoms with Crippen molar-refractivity contribution in [2.24, 2.45) is 5.84 Å². The molecule has 2 rings (SSSR count). The zero-order valence-electron chi connectivity index (χ0n) is 11.3. The molecular formula is C13H14N4O3S. The number of nitrogens with two attached hydrogens (primary N) is 1. The number of nitro benzene ring substituents is 1. The Morgan fingerprint density at radius 2 is 2.14 bits per heavy atom. The normalized spacial score (nSPS) is 10.2. The average molecular weight is 306 g/mol. The molecule has 0 fully saturated rings. The van der Waals surface area contributed by atoms with Crippen LogP contribution in [0.15, 0.2) is 30.3 Å². The van der Waals surface area contributed by atoms with Gasteiger partial charge in [0, 0.05) is 9.75 Å². The van der Waals surface area contributed by atoms with E-state index in [1.807, 2.05) is 19.1 Å². The van der Waals surface area contributed by atoms with Crippen LogP contribution in [-0.2, 0) is 6.54 Å². The van der Waals surface area contributed by atoms with E-state index >= 15 is 0 Å². The minimum absolute atomic E-state index is 0.0243. The summed E-state index contributed by atoms with van der Waals surface area (Å²) >= 11 is 1.56. The molecule has 0 spiro atoms. The van der Waals surface area contributed by atoms with Crippen molar-refractivity contribution in [1.29, 1.82) is 0 Å². The first-order valence-electron chi connectivity index (χ1n) is 6.10. The minimum Gasteiger partial charge on any atom is -0.347 e. The van der Waals surface area contributed by atoms with Crippen LogP contribution >= 0.6 is 11.3 Å². The lowest BCUT2D eigenvalue weighted by molar-refractivity contribution is -0.384. The van der Waals surface area contributed by atoms with Crippen molar-refractivity contribution in [3.63, 3.8) is 0 Å². The van der Waals surface area contributed by atoms with Gasteiger partial charge < -0.3 is 10.7 Å². The van der Waals surface area contributed by atoms with Gasteiger partial charge in [0.15, 0.2) is 0 Å². The molecule has 0 aliphatic carbocycles. The van der Waals surface area contributed by atoms with Gasteiger partial charge in [0.05, 0.1) is 11.5 Å². The second-order valence-electron chi connectivity index (χ2n) is 4.30. The molecule has 0 aliphatic rings. The number of hydrogen-bond acceptors (Lipinski definition) is 6. The van der Waals surface area contributed by atoms with Gasteiger partial charge in [0.2, 0.25) is 0 Å². The van der Waals surface area contributed by atoms with Gasteiger partial charge in [-0.25, -0.2) is 0 Å². The number of rotatable bonds is 5. The number of hydrogen-bond donors (Lipinski definition) is 3. The Labute approximate surface area is 124 Å². The first-order chi connectivity index (χ1) is 10.0. The SMILES string of the molecule is Cc1ccc(CNC(=O)c2cccc(NN)c2[N+](=O)[O-])s1. The fourth-order valence-corrected chi connectivity index (χ4v) is 2.71. The molecule has 0 bridgehead atoms. The highest BCUT2D eigenvalue weighted by molar-refractivity contribution is 7.11. The van der Waals surface area contributed by atoms with Crippen LogP contribution in [0.5, 0.6) is 0 Å². The number of amides is 1. The molecule has 0 unspecified atom stereocenters. The van der Waals surface area contributed by atoms with E-state index in [1.54, 1.807) is 11.3 Å². The smallest absolute Gasteiger partial charge is 0.306 e. The van der Waals surface area contributed by atoms with Gasteiger partial charge in [0.1, 0.15) is 11.3 Å².